The zero-order valence-corrected chi connectivity index (χ0v) is 15.3. The van der Waals surface area contributed by atoms with E-state index in [9.17, 15) is 17.6 Å². The van der Waals surface area contributed by atoms with Crippen molar-refractivity contribution in [1.82, 2.24) is 4.98 Å². The minimum absolute atomic E-state index is 0.0193. The minimum Gasteiger partial charge on any atom is -0.325 e. The van der Waals surface area contributed by atoms with Gasteiger partial charge >= 0.3 is 0 Å². The topological polar surface area (TPSA) is 88.2 Å². The molecule has 27 heavy (non-hydrogen) atoms. The van der Waals surface area contributed by atoms with Gasteiger partial charge in [-0.05, 0) is 67.0 Å². The van der Waals surface area contributed by atoms with E-state index in [0.29, 0.717) is 11.6 Å². The van der Waals surface area contributed by atoms with E-state index in [2.05, 4.69) is 15.0 Å². The van der Waals surface area contributed by atoms with E-state index >= 15 is 0 Å². The van der Waals surface area contributed by atoms with Crippen LogP contribution in [0.3, 0.4) is 0 Å². The Labute approximate surface area is 156 Å². The number of pyridine rings is 1. The molecular formula is C19H18FN3O3S. The second kappa shape index (κ2) is 5.51. The Hall–Kier alpha value is -2.48. The third kappa shape index (κ3) is 2.54. The summed E-state index contributed by atoms with van der Waals surface area (Å²) in [5, 5.41) is 2.79. The number of fused-ring (bicyclic) bond motifs is 2. The molecule has 0 bridgehead atoms. The maximum atomic E-state index is 13.1. The van der Waals surface area contributed by atoms with Crippen LogP contribution in [0.25, 0.3) is 0 Å². The lowest BCUT2D eigenvalue weighted by molar-refractivity contribution is -0.123. The molecule has 1 aromatic heterocycles. The summed E-state index contributed by atoms with van der Waals surface area (Å²) in [6.45, 7) is 0. The maximum absolute atomic E-state index is 13.1. The second-order valence-electron chi connectivity index (χ2n) is 7.57. The van der Waals surface area contributed by atoms with E-state index in [1.165, 1.54) is 0 Å². The standard InChI is InChI=1S/C19H18FN3O3S/c20-12-4-5-16(21-10-12)27(25,26)23-13-8-14(11-2-3-11)17-15(9-13)19(6-1-7-19)18(24)22-17/h4-5,8-11,23H,1-3,6-7H2,(H,22,24). The number of rotatable bonds is 4. The van der Waals surface area contributed by atoms with E-state index in [1.54, 1.807) is 12.1 Å². The molecule has 0 radical (unpaired) electrons. The predicted molar refractivity (Wildman–Crippen MR) is 97.6 cm³/mol. The molecule has 3 aliphatic rings. The minimum atomic E-state index is -3.94. The van der Waals surface area contributed by atoms with Gasteiger partial charge in [0.1, 0.15) is 5.82 Å². The summed E-state index contributed by atoms with van der Waals surface area (Å²) in [7, 11) is -3.94. The SMILES string of the molecule is O=C1Nc2c(C3CC3)cc(NS(=O)(=O)c3ccc(F)cn3)cc2C12CCC2. The first-order valence-electron chi connectivity index (χ1n) is 9.03. The third-order valence-electron chi connectivity index (χ3n) is 5.81. The predicted octanol–water partition coefficient (Wildman–Crippen LogP) is 3.27. The van der Waals surface area contributed by atoms with Gasteiger partial charge in [0.15, 0.2) is 5.03 Å². The van der Waals surface area contributed by atoms with Crippen molar-refractivity contribution < 1.29 is 17.6 Å². The summed E-state index contributed by atoms with van der Waals surface area (Å²) in [4.78, 5) is 16.2. The van der Waals surface area contributed by atoms with Gasteiger partial charge in [-0.1, -0.05) is 6.42 Å². The van der Waals surface area contributed by atoms with Crippen molar-refractivity contribution >= 4 is 27.3 Å². The number of carbonyl (C=O) groups is 1. The Morgan fingerprint density at radius 1 is 1.22 bits per heavy atom. The van der Waals surface area contributed by atoms with E-state index in [0.717, 1.165) is 67.2 Å². The van der Waals surface area contributed by atoms with Crippen LogP contribution in [0.5, 0.6) is 0 Å². The molecule has 2 aliphatic carbocycles. The molecule has 1 amide bonds. The molecule has 0 atom stereocenters. The Kier molecular flexibility index (Phi) is 3.40. The van der Waals surface area contributed by atoms with Crippen molar-refractivity contribution in [3.05, 3.63) is 47.4 Å². The number of hydrogen-bond acceptors (Lipinski definition) is 4. The number of nitrogens with one attached hydrogen (secondary N) is 2. The van der Waals surface area contributed by atoms with Gasteiger partial charge < -0.3 is 5.32 Å². The lowest BCUT2D eigenvalue weighted by Crippen LogP contribution is -2.40. The van der Waals surface area contributed by atoms with E-state index in [1.807, 2.05) is 0 Å². The van der Waals surface area contributed by atoms with Crippen LogP contribution >= 0.6 is 0 Å². The molecule has 2 N–H and O–H groups in total. The number of halogens is 1. The second-order valence-corrected chi connectivity index (χ2v) is 9.20. The van der Waals surface area contributed by atoms with Gasteiger partial charge in [0.05, 0.1) is 11.6 Å². The fourth-order valence-electron chi connectivity index (χ4n) is 4.07. The highest BCUT2D eigenvalue weighted by Crippen LogP contribution is 2.56. The average molecular weight is 387 g/mol. The van der Waals surface area contributed by atoms with Crippen LogP contribution in [0.15, 0.2) is 35.5 Å². The Bertz CT molecular complexity index is 1060. The van der Waals surface area contributed by atoms with Gasteiger partial charge in [0.2, 0.25) is 5.91 Å². The zero-order valence-electron chi connectivity index (χ0n) is 14.5. The lowest BCUT2D eigenvalue weighted by Gasteiger charge is -2.36. The first-order valence-corrected chi connectivity index (χ1v) is 10.5. The molecule has 8 heteroatoms. The Morgan fingerprint density at radius 2 is 2.00 bits per heavy atom. The number of nitrogens with zero attached hydrogens (tertiary/aromatic N) is 1. The number of amides is 1. The summed E-state index contributed by atoms with van der Waals surface area (Å²) in [5.41, 5.74) is 2.66. The van der Waals surface area contributed by atoms with Crippen LogP contribution in [-0.4, -0.2) is 19.3 Å². The maximum Gasteiger partial charge on any atom is 0.279 e. The van der Waals surface area contributed by atoms with Gasteiger partial charge in [-0.15, -0.1) is 0 Å². The number of carbonyl (C=O) groups excluding carboxylic acids is 1. The summed E-state index contributed by atoms with van der Waals surface area (Å²) in [6.07, 6.45) is 5.49. The number of hydrogen-bond donors (Lipinski definition) is 2. The van der Waals surface area contributed by atoms with Crippen LogP contribution < -0.4 is 10.0 Å². The highest BCUT2D eigenvalue weighted by Gasteiger charge is 2.52. The fraction of sp³-hybridized carbons (Fsp3) is 0.368. The monoisotopic (exact) mass is 387 g/mol. The highest BCUT2D eigenvalue weighted by atomic mass is 32.2. The van der Waals surface area contributed by atoms with E-state index in [-0.39, 0.29) is 10.9 Å². The smallest absolute Gasteiger partial charge is 0.279 e. The van der Waals surface area contributed by atoms with Crippen molar-refractivity contribution in [3.63, 3.8) is 0 Å². The van der Waals surface area contributed by atoms with Crippen molar-refractivity contribution in [2.24, 2.45) is 0 Å². The molecule has 2 heterocycles. The van der Waals surface area contributed by atoms with Gasteiger partial charge in [0.25, 0.3) is 10.0 Å². The molecule has 0 unspecified atom stereocenters. The molecule has 2 fully saturated rings. The molecule has 2 saturated carbocycles. The van der Waals surface area contributed by atoms with Crippen molar-refractivity contribution in [2.45, 2.75) is 48.5 Å². The summed E-state index contributed by atoms with van der Waals surface area (Å²) in [6, 6.07) is 5.76. The Balaban J connectivity index is 1.57. The Morgan fingerprint density at radius 3 is 2.59 bits per heavy atom. The van der Waals surface area contributed by atoms with Gasteiger partial charge in [-0.2, -0.15) is 8.42 Å². The van der Waals surface area contributed by atoms with Crippen LogP contribution in [-0.2, 0) is 20.2 Å². The van der Waals surface area contributed by atoms with E-state index in [4.69, 9.17) is 0 Å². The zero-order chi connectivity index (χ0) is 18.8. The summed E-state index contributed by atoms with van der Waals surface area (Å²) in [5.74, 6) is -0.229. The lowest BCUT2D eigenvalue weighted by atomic mass is 9.65. The van der Waals surface area contributed by atoms with Crippen LogP contribution in [0, 0.1) is 5.82 Å². The van der Waals surface area contributed by atoms with Crippen molar-refractivity contribution in [2.75, 3.05) is 10.0 Å². The highest BCUT2D eigenvalue weighted by molar-refractivity contribution is 7.92. The number of sulfonamides is 1. The molecule has 140 valence electrons. The van der Waals surface area contributed by atoms with Crippen LogP contribution in [0.1, 0.15) is 49.1 Å². The molecule has 0 saturated heterocycles. The molecule has 2 aromatic rings. The summed E-state index contributed by atoms with van der Waals surface area (Å²) >= 11 is 0. The molecule has 1 aliphatic heterocycles. The van der Waals surface area contributed by atoms with Gasteiger partial charge in [-0.25, -0.2) is 9.37 Å². The largest absolute Gasteiger partial charge is 0.325 e. The van der Waals surface area contributed by atoms with Crippen LogP contribution in [0.4, 0.5) is 15.8 Å². The fourth-order valence-corrected chi connectivity index (χ4v) is 5.04. The van der Waals surface area contributed by atoms with Crippen molar-refractivity contribution in [3.8, 4) is 0 Å². The molecular weight excluding hydrogens is 369 g/mol. The number of anilines is 2. The van der Waals surface area contributed by atoms with Gasteiger partial charge in [0, 0.05) is 11.4 Å². The molecule has 1 aromatic carbocycles. The molecule has 6 nitrogen and oxygen atoms in total. The van der Waals surface area contributed by atoms with Gasteiger partial charge in [-0.3, -0.25) is 9.52 Å². The first-order chi connectivity index (χ1) is 12.9. The average Bonchev–Trinajstić information content (AvgIpc) is 3.36. The van der Waals surface area contributed by atoms with Crippen LogP contribution in [0.2, 0.25) is 0 Å². The molecule has 5 rings (SSSR count). The number of aromatic nitrogens is 1. The summed E-state index contributed by atoms with van der Waals surface area (Å²) < 4.78 is 40.9. The number of benzene rings is 1. The quantitative estimate of drug-likeness (QED) is 0.843. The normalized spacial score (nSPS) is 20.1. The first kappa shape index (κ1) is 16.7. The van der Waals surface area contributed by atoms with E-state index < -0.39 is 21.3 Å². The third-order valence-corrected chi connectivity index (χ3v) is 7.11. The molecule has 1 spiro atoms. The van der Waals surface area contributed by atoms with Crippen molar-refractivity contribution in [1.29, 1.82) is 0 Å².